The molecule has 1 aromatic rings. The summed E-state index contributed by atoms with van der Waals surface area (Å²) in [6.07, 6.45) is 5.14. The first kappa shape index (κ1) is 9.44. The largest absolute Gasteiger partial charge is 0.383 e. The third kappa shape index (κ3) is 1.87. The van der Waals surface area contributed by atoms with Crippen LogP contribution in [0.5, 0.6) is 0 Å². The van der Waals surface area contributed by atoms with Crippen LogP contribution in [0.15, 0.2) is 27.6 Å². The van der Waals surface area contributed by atoms with Crippen LogP contribution in [0.3, 0.4) is 0 Å². The molecule has 1 nitrogen and oxygen atoms in total. The molecule has 1 N–H and O–H groups in total. The van der Waals surface area contributed by atoms with E-state index in [9.17, 15) is 5.11 Å². The Hall–Kier alpha value is -0.120. The van der Waals surface area contributed by atoms with Gasteiger partial charge in [0.15, 0.2) is 0 Å². The smallest absolute Gasteiger partial charge is 0.110 e. The lowest BCUT2D eigenvalue weighted by Gasteiger charge is -2.10. The monoisotopic (exact) mass is 258 g/mol. The zero-order valence-corrected chi connectivity index (χ0v) is 9.57. The van der Waals surface area contributed by atoms with Crippen molar-refractivity contribution in [3.8, 4) is 0 Å². The summed E-state index contributed by atoms with van der Waals surface area (Å²) in [7, 11) is 0. The minimum atomic E-state index is -0.378. The van der Waals surface area contributed by atoms with E-state index in [1.165, 1.54) is 12.0 Å². The third-order valence-electron chi connectivity index (χ3n) is 2.32. The van der Waals surface area contributed by atoms with Gasteiger partial charge in [0.1, 0.15) is 6.10 Å². The molecule has 1 unspecified atom stereocenters. The first-order chi connectivity index (χ1) is 6.29. The number of allylic oxidation sites excluding steroid dienone is 1. The van der Waals surface area contributed by atoms with Crippen molar-refractivity contribution in [3.05, 3.63) is 32.4 Å². The van der Waals surface area contributed by atoms with E-state index in [2.05, 4.69) is 22.0 Å². The lowest BCUT2D eigenvalue weighted by molar-refractivity contribution is 0.216. The molecule has 70 valence electrons. The summed E-state index contributed by atoms with van der Waals surface area (Å²) < 4.78 is 1.03. The van der Waals surface area contributed by atoms with E-state index in [4.69, 9.17) is 0 Å². The SMILES string of the molecule is OC(C1=CCCC1)c1sccc1Br. The molecule has 0 aliphatic heterocycles. The van der Waals surface area contributed by atoms with Crippen LogP contribution in [0, 0.1) is 0 Å². The van der Waals surface area contributed by atoms with Gasteiger partial charge in [0.05, 0.1) is 4.88 Å². The average Bonchev–Trinajstić information content (AvgIpc) is 2.72. The molecule has 1 aromatic heterocycles. The average molecular weight is 259 g/mol. The van der Waals surface area contributed by atoms with Gasteiger partial charge < -0.3 is 5.11 Å². The summed E-state index contributed by atoms with van der Waals surface area (Å²) in [4.78, 5) is 1.04. The second kappa shape index (κ2) is 3.95. The third-order valence-corrected chi connectivity index (χ3v) is 4.24. The molecule has 0 spiro atoms. The van der Waals surface area contributed by atoms with Crippen LogP contribution in [-0.4, -0.2) is 5.11 Å². The van der Waals surface area contributed by atoms with E-state index in [0.717, 1.165) is 22.2 Å². The van der Waals surface area contributed by atoms with Gasteiger partial charge in [-0.3, -0.25) is 0 Å². The molecule has 0 bridgehead atoms. The van der Waals surface area contributed by atoms with Crippen molar-refractivity contribution in [2.24, 2.45) is 0 Å². The Kier molecular flexibility index (Phi) is 2.86. The highest BCUT2D eigenvalue weighted by atomic mass is 79.9. The lowest BCUT2D eigenvalue weighted by Crippen LogP contribution is -1.97. The van der Waals surface area contributed by atoms with E-state index in [1.807, 2.05) is 11.4 Å². The highest BCUT2D eigenvalue weighted by molar-refractivity contribution is 9.10. The van der Waals surface area contributed by atoms with Crippen LogP contribution in [0.4, 0.5) is 0 Å². The van der Waals surface area contributed by atoms with Gasteiger partial charge in [-0.2, -0.15) is 0 Å². The first-order valence-electron chi connectivity index (χ1n) is 4.39. The van der Waals surface area contributed by atoms with Crippen molar-refractivity contribution >= 4 is 27.3 Å². The van der Waals surface area contributed by atoms with Crippen molar-refractivity contribution < 1.29 is 5.11 Å². The number of hydrogen-bond acceptors (Lipinski definition) is 2. The summed E-state index contributed by atoms with van der Waals surface area (Å²) in [5.41, 5.74) is 1.18. The van der Waals surface area contributed by atoms with Gasteiger partial charge in [-0.05, 0) is 52.2 Å². The van der Waals surface area contributed by atoms with Crippen molar-refractivity contribution in [1.82, 2.24) is 0 Å². The summed E-state index contributed by atoms with van der Waals surface area (Å²) in [6.45, 7) is 0. The maximum Gasteiger partial charge on any atom is 0.110 e. The molecule has 0 amide bonds. The molecule has 1 aliphatic carbocycles. The standard InChI is InChI=1S/C10H11BrOS/c11-8-5-6-13-10(8)9(12)7-3-1-2-4-7/h3,5-6,9,12H,1-2,4H2. The van der Waals surface area contributed by atoms with Gasteiger partial charge in [0.2, 0.25) is 0 Å². The molecule has 0 radical (unpaired) electrons. The van der Waals surface area contributed by atoms with E-state index >= 15 is 0 Å². The van der Waals surface area contributed by atoms with E-state index < -0.39 is 0 Å². The Bertz CT molecular complexity index is 329. The van der Waals surface area contributed by atoms with E-state index in [0.29, 0.717) is 0 Å². The molecule has 0 fully saturated rings. The molecule has 0 saturated heterocycles. The molecule has 1 heterocycles. The highest BCUT2D eigenvalue weighted by Gasteiger charge is 2.19. The van der Waals surface area contributed by atoms with Crippen LogP contribution >= 0.6 is 27.3 Å². The van der Waals surface area contributed by atoms with Crippen molar-refractivity contribution in [3.63, 3.8) is 0 Å². The predicted octanol–water partition coefficient (Wildman–Crippen LogP) is 3.65. The van der Waals surface area contributed by atoms with Gasteiger partial charge in [-0.1, -0.05) is 6.08 Å². The summed E-state index contributed by atoms with van der Waals surface area (Å²) >= 11 is 5.04. The number of halogens is 1. The summed E-state index contributed by atoms with van der Waals surface area (Å²) in [6, 6.07) is 1.98. The van der Waals surface area contributed by atoms with E-state index in [1.54, 1.807) is 11.3 Å². The Balaban J connectivity index is 2.21. The zero-order valence-electron chi connectivity index (χ0n) is 7.16. The number of hydrogen-bond donors (Lipinski definition) is 1. The molecule has 3 heteroatoms. The number of thiophene rings is 1. The topological polar surface area (TPSA) is 20.2 Å². The van der Waals surface area contributed by atoms with Crippen LogP contribution < -0.4 is 0 Å². The molecular weight excluding hydrogens is 248 g/mol. The summed E-state index contributed by atoms with van der Waals surface area (Å²) in [5.74, 6) is 0. The van der Waals surface area contributed by atoms with Crippen LogP contribution in [0.2, 0.25) is 0 Å². The minimum absolute atomic E-state index is 0.378. The Labute approximate surface area is 90.2 Å². The first-order valence-corrected chi connectivity index (χ1v) is 6.06. The van der Waals surface area contributed by atoms with Gasteiger partial charge in [0, 0.05) is 4.47 Å². The molecule has 1 atom stereocenters. The molecule has 13 heavy (non-hydrogen) atoms. The van der Waals surface area contributed by atoms with Crippen molar-refractivity contribution in [1.29, 1.82) is 0 Å². The van der Waals surface area contributed by atoms with Crippen LogP contribution in [0.1, 0.15) is 30.2 Å². The second-order valence-corrected chi connectivity index (χ2v) is 5.01. The van der Waals surface area contributed by atoms with Gasteiger partial charge in [-0.15, -0.1) is 11.3 Å². The maximum atomic E-state index is 10.0. The Morgan fingerprint density at radius 2 is 2.38 bits per heavy atom. The molecular formula is C10H11BrOS. The number of aliphatic hydroxyl groups is 1. The maximum absolute atomic E-state index is 10.0. The second-order valence-electron chi connectivity index (χ2n) is 3.21. The lowest BCUT2D eigenvalue weighted by atomic mass is 10.1. The zero-order chi connectivity index (χ0) is 9.26. The molecule has 0 saturated carbocycles. The highest BCUT2D eigenvalue weighted by Crippen LogP contribution is 2.36. The van der Waals surface area contributed by atoms with Crippen molar-refractivity contribution in [2.75, 3.05) is 0 Å². The Morgan fingerprint density at radius 3 is 2.92 bits per heavy atom. The van der Waals surface area contributed by atoms with Gasteiger partial charge in [0.25, 0.3) is 0 Å². The van der Waals surface area contributed by atoms with Gasteiger partial charge in [-0.25, -0.2) is 0 Å². The van der Waals surface area contributed by atoms with Crippen LogP contribution in [-0.2, 0) is 0 Å². The number of rotatable bonds is 2. The van der Waals surface area contributed by atoms with E-state index in [-0.39, 0.29) is 6.10 Å². The predicted molar refractivity (Wildman–Crippen MR) is 58.9 cm³/mol. The van der Waals surface area contributed by atoms with Crippen LogP contribution in [0.25, 0.3) is 0 Å². The fourth-order valence-electron chi connectivity index (χ4n) is 1.61. The quantitative estimate of drug-likeness (QED) is 0.804. The van der Waals surface area contributed by atoms with Crippen molar-refractivity contribution in [2.45, 2.75) is 25.4 Å². The minimum Gasteiger partial charge on any atom is -0.383 e. The normalized spacial score (nSPS) is 18.8. The van der Waals surface area contributed by atoms with Gasteiger partial charge >= 0.3 is 0 Å². The fraction of sp³-hybridized carbons (Fsp3) is 0.400. The molecule has 2 rings (SSSR count). The molecule has 0 aromatic carbocycles. The number of aliphatic hydroxyl groups excluding tert-OH is 1. The fourth-order valence-corrected chi connectivity index (χ4v) is 3.23. The Morgan fingerprint density at radius 1 is 1.54 bits per heavy atom. The summed E-state index contributed by atoms with van der Waals surface area (Å²) in [5, 5.41) is 12.0. The molecule has 1 aliphatic rings.